The van der Waals surface area contributed by atoms with Crippen molar-refractivity contribution in [3.8, 4) is 23.7 Å². The number of nitrogen functional groups attached to an aromatic ring is 1. The highest BCUT2D eigenvalue weighted by Crippen LogP contribution is 2.27. The Morgan fingerprint density at radius 2 is 2.07 bits per heavy atom. The van der Waals surface area contributed by atoms with E-state index in [1.54, 1.807) is 24.3 Å². The first-order valence-electron chi connectivity index (χ1n) is 8.15. The number of aliphatic hydroxyl groups excluding tert-OH is 2. The number of aromatic nitrogens is 2. The molecule has 1 aliphatic heterocycles. The zero-order valence-corrected chi connectivity index (χ0v) is 14.2. The molecule has 2 aromatic rings. The number of nitrogens with two attached hydrogens (primary N) is 1. The van der Waals surface area contributed by atoms with Crippen molar-refractivity contribution < 1.29 is 14.9 Å². The molecule has 1 fully saturated rings. The third kappa shape index (κ3) is 4.27. The lowest BCUT2D eigenvalue weighted by molar-refractivity contribution is -0.0459. The number of nitrogens with one attached hydrogen (secondary N) is 1. The minimum atomic E-state index is -0.905. The zero-order chi connectivity index (χ0) is 19.4. The van der Waals surface area contributed by atoms with Gasteiger partial charge in [-0.3, -0.25) is 14.3 Å². The van der Waals surface area contributed by atoms with E-state index >= 15 is 0 Å². The summed E-state index contributed by atoms with van der Waals surface area (Å²) in [5.41, 5.74) is 5.63. The van der Waals surface area contributed by atoms with Gasteiger partial charge in [0, 0.05) is 23.9 Å². The van der Waals surface area contributed by atoms with Gasteiger partial charge >= 0.3 is 5.69 Å². The van der Waals surface area contributed by atoms with Gasteiger partial charge in [0.2, 0.25) is 0 Å². The van der Waals surface area contributed by atoms with Gasteiger partial charge in [-0.1, -0.05) is 12.0 Å². The number of hydrogen-bond acceptors (Lipinski definition) is 6. The average Bonchev–Trinajstić information content (AvgIpc) is 3.01. The Labute approximate surface area is 154 Å². The first-order chi connectivity index (χ1) is 13.0. The quantitative estimate of drug-likeness (QED) is 0.405. The number of H-pyrrole nitrogens is 1. The van der Waals surface area contributed by atoms with E-state index < -0.39 is 29.7 Å². The van der Waals surface area contributed by atoms with Crippen molar-refractivity contribution in [1.82, 2.24) is 9.55 Å². The Kier molecular flexibility index (Phi) is 5.43. The number of anilines is 1. The van der Waals surface area contributed by atoms with Gasteiger partial charge in [0.25, 0.3) is 5.56 Å². The van der Waals surface area contributed by atoms with Crippen molar-refractivity contribution in [2.75, 3.05) is 12.3 Å². The molecule has 5 N–H and O–H groups in total. The van der Waals surface area contributed by atoms with E-state index in [1.807, 2.05) is 0 Å². The second-order valence-electron chi connectivity index (χ2n) is 5.95. The molecular formula is C19H17N3O5. The topological polar surface area (TPSA) is 131 Å². The molecule has 2 heterocycles. The van der Waals surface area contributed by atoms with Crippen LogP contribution < -0.4 is 17.0 Å². The van der Waals surface area contributed by atoms with Crippen molar-refractivity contribution in [2.24, 2.45) is 0 Å². The highest BCUT2D eigenvalue weighted by Gasteiger charge is 2.35. The van der Waals surface area contributed by atoms with E-state index in [4.69, 9.17) is 15.6 Å². The van der Waals surface area contributed by atoms with Crippen LogP contribution in [0.15, 0.2) is 40.1 Å². The van der Waals surface area contributed by atoms with Crippen LogP contribution in [-0.4, -0.2) is 38.6 Å². The number of ether oxygens (including phenoxy) is 1. The largest absolute Gasteiger partial charge is 0.399 e. The lowest BCUT2D eigenvalue weighted by Gasteiger charge is -2.14. The maximum absolute atomic E-state index is 12.0. The van der Waals surface area contributed by atoms with Crippen molar-refractivity contribution in [1.29, 1.82) is 0 Å². The normalized spacial score (nSPS) is 21.0. The number of aliphatic hydroxyl groups is 2. The summed E-state index contributed by atoms with van der Waals surface area (Å²) in [6.07, 6.45) is -1.13. The molecule has 3 rings (SSSR count). The molecule has 0 amide bonds. The molecule has 1 aromatic carbocycles. The number of nitrogens with zero attached hydrogens (tertiary/aromatic N) is 1. The summed E-state index contributed by atoms with van der Waals surface area (Å²) >= 11 is 0. The number of rotatable bonds is 2. The van der Waals surface area contributed by atoms with Crippen molar-refractivity contribution in [3.63, 3.8) is 0 Å². The van der Waals surface area contributed by atoms with Crippen LogP contribution in [0.25, 0.3) is 0 Å². The van der Waals surface area contributed by atoms with Crippen LogP contribution in [0.1, 0.15) is 23.8 Å². The summed E-state index contributed by atoms with van der Waals surface area (Å²) in [7, 11) is 0. The van der Waals surface area contributed by atoms with Gasteiger partial charge in [0.1, 0.15) is 17.9 Å². The summed E-state index contributed by atoms with van der Waals surface area (Å²) in [6, 6.07) is 6.98. The molecule has 138 valence electrons. The summed E-state index contributed by atoms with van der Waals surface area (Å²) in [6.45, 7) is -0.373. The van der Waals surface area contributed by atoms with Crippen LogP contribution in [-0.2, 0) is 4.74 Å². The van der Waals surface area contributed by atoms with Gasteiger partial charge in [-0.05, 0) is 36.0 Å². The third-order valence-corrected chi connectivity index (χ3v) is 4.02. The first-order valence-corrected chi connectivity index (χ1v) is 8.15. The average molecular weight is 367 g/mol. The van der Waals surface area contributed by atoms with Crippen molar-refractivity contribution >= 4 is 5.69 Å². The van der Waals surface area contributed by atoms with Crippen LogP contribution in [0.4, 0.5) is 5.69 Å². The maximum atomic E-state index is 12.0. The maximum Gasteiger partial charge on any atom is 0.330 e. The molecule has 0 bridgehead atoms. The molecule has 0 saturated carbocycles. The van der Waals surface area contributed by atoms with E-state index in [0.29, 0.717) is 11.3 Å². The molecule has 0 radical (unpaired) electrons. The van der Waals surface area contributed by atoms with E-state index in [-0.39, 0.29) is 18.6 Å². The van der Waals surface area contributed by atoms with E-state index in [9.17, 15) is 14.7 Å². The minimum absolute atomic E-state index is 0.0296. The number of benzene rings is 1. The van der Waals surface area contributed by atoms with Crippen molar-refractivity contribution in [2.45, 2.75) is 24.9 Å². The summed E-state index contributed by atoms with van der Waals surface area (Å²) < 4.78 is 6.57. The molecule has 0 spiro atoms. The Morgan fingerprint density at radius 1 is 1.30 bits per heavy atom. The SMILES string of the molecule is Nc1cccc(C#CC#Cc2cn([C@H]3C[C@H](O)[C@@H](CO)O3)c(=O)[nH]c2=O)c1. The molecule has 0 aliphatic carbocycles. The number of aromatic amines is 1. The second kappa shape index (κ2) is 7.94. The van der Waals surface area contributed by atoms with Gasteiger partial charge in [-0.2, -0.15) is 0 Å². The summed E-state index contributed by atoms with van der Waals surface area (Å²) in [5.74, 6) is 10.6. The Balaban J connectivity index is 1.86. The van der Waals surface area contributed by atoms with Crippen LogP contribution in [0.5, 0.6) is 0 Å². The summed E-state index contributed by atoms with van der Waals surface area (Å²) in [4.78, 5) is 26.1. The fourth-order valence-electron chi connectivity index (χ4n) is 2.66. The van der Waals surface area contributed by atoms with E-state index in [0.717, 1.165) is 4.57 Å². The third-order valence-electron chi connectivity index (χ3n) is 4.02. The lowest BCUT2D eigenvalue weighted by atomic mass is 10.2. The highest BCUT2D eigenvalue weighted by atomic mass is 16.5. The molecule has 27 heavy (non-hydrogen) atoms. The molecular weight excluding hydrogens is 350 g/mol. The molecule has 3 atom stereocenters. The fraction of sp³-hybridized carbons (Fsp3) is 0.263. The van der Waals surface area contributed by atoms with E-state index in [2.05, 4.69) is 28.7 Å². The molecule has 1 aromatic heterocycles. The molecule has 1 aliphatic rings. The van der Waals surface area contributed by atoms with Crippen LogP contribution in [0, 0.1) is 23.7 Å². The molecule has 8 nitrogen and oxygen atoms in total. The Bertz CT molecular complexity index is 1080. The van der Waals surface area contributed by atoms with E-state index in [1.165, 1.54) is 6.20 Å². The molecule has 8 heteroatoms. The van der Waals surface area contributed by atoms with Crippen molar-refractivity contribution in [3.05, 3.63) is 62.4 Å². The zero-order valence-electron chi connectivity index (χ0n) is 14.2. The van der Waals surface area contributed by atoms with Gasteiger partial charge < -0.3 is 20.7 Å². The predicted octanol–water partition coefficient (Wildman–Crippen LogP) is -0.837. The minimum Gasteiger partial charge on any atom is -0.399 e. The number of hydrogen-bond donors (Lipinski definition) is 4. The first kappa shape index (κ1) is 18.5. The van der Waals surface area contributed by atoms with Gasteiger partial charge in [-0.15, -0.1) is 0 Å². The monoisotopic (exact) mass is 367 g/mol. The van der Waals surface area contributed by atoms with Crippen LogP contribution in [0.3, 0.4) is 0 Å². The highest BCUT2D eigenvalue weighted by molar-refractivity contribution is 5.49. The fourth-order valence-corrected chi connectivity index (χ4v) is 2.66. The Hall–Kier alpha value is -3.30. The smallest absolute Gasteiger partial charge is 0.330 e. The van der Waals surface area contributed by atoms with Gasteiger partial charge in [-0.25, -0.2) is 4.79 Å². The van der Waals surface area contributed by atoms with Gasteiger partial charge in [0.15, 0.2) is 0 Å². The molecule has 1 saturated heterocycles. The summed E-state index contributed by atoms with van der Waals surface area (Å²) in [5, 5.41) is 19.0. The lowest BCUT2D eigenvalue weighted by Crippen LogP contribution is -2.33. The second-order valence-corrected chi connectivity index (χ2v) is 5.95. The standard InChI is InChI=1S/C19H17N3O5/c20-14-7-3-5-12(8-14)4-1-2-6-13-10-22(19(26)21-18(13)25)17-9-15(24)16(11-23)27-17/h3,5,7-8,10,15-17,23-24H,9,11,20H2,(H,21,25,26)/t15-,16+,17+/m0/s1. The van der Waals surface area contributed by atoms with Crippen LogP contribution in [0.2, 0.25) is 0 Å². The van der Waals surface area contributed by atoms with Crippen LogP contribution >= 0.6 is 0 Å². The Morgan fingerprint density at radius 3 is 2.78 bits per heavy atom. The van der Waals surface area contributed by atoms with Gasteiger partial charge in [0.05, 0.1) is 12.7 Å². The molecule has 0 unspecified atom stereocenters. The predicted molar refractivity (Wildman–Crippen MR) is 97.6 cm³/mol.